The zero-order valence-electron chi connectivity index (χ0n) is 12.4. The summed E-state index contributed by atoms with van der Waals surface area (Å²) in [5, 5.41) is 0. The molecule has 0 aliphatic heterocycles. The van der Waals surface area contributed by atoms with Crippen molar-refractivity contribution in [1.29, 1.82) is 0 Å². The molecule has 0 aliphatic carbocycles. The van der Waals surface area contributed by atoms with E-state index in [9.17, 15) is 4.79 Å². The average Bonchev–Trinajstić information content (AvgIpc) is 2.72. The quantitative estimate of drug-likeness (QED) is 0.881. The summed E-state index contributed by atoms with van der Waals surface area (Å²) in [6, 6.07) is 5.77. The molecule has 0 amide bonds. The van der Waals surface area contributed by atoms with E-state index in [1.54, 1.807) is 11.7 Å². The number of thiazole rings is 1. The molecule has 0 aliphatic rings. The first kappa shape index (κ1) is 15.4. The minimum absolute atomic E-state index is 0.0652. The van der Waals surface area contributed by atoms with E-state index in [2.05, 4.69) is 11.8 Å². The number of aryl methyl sites for hydroxylation is 1. The lowest BCUT2D eigenvalue weighted by Crippen LogP contribution is -2.15. The van der Waals surface area contributed by atoms with Gasteiger partial charge in [0, 0.05) is 10.6 Å². The van der Waals surface area contributed by atoms with E-state index in [1.807, 2.05) is 32.0 Å². The lowest BCUT2D eigenvalue weighted by atomic mass is 10.1. The summed E-state index contributed by atoms with van der Waals surface area (Å²) in [6.45, 7) is 4.77. The molecule has 110 valence electrons. The molecule has 21 heavy (non-hydrogen) atoms. The summed E-state index contributed by atoms with van der Waals surface area (Å²) >= 11 is 1.28. The maximum Gasteiger partial charge on any atom is 0.307 e. The van der Waals surface area contributed by atoms with Gasteiger partial charge < -0.3 is 10.5 Å². The molecule has 1 heterocycles. The number of methoxy groups -OCH3 is 1. The number of rotatable bonds is 3. The molecule has 2 N–H and O–H groups in total. The predicted molar refractivity (Wildman–Crippen MR) is 86.1 cm³/mol. The predicted octanol–water partition coefficient (Wildman–Crippen LogP) is 1.89. The summed E-state index contributed by atoms with van der Waals surface area (Å²) in [5.41, 5.74) is 8.23. The molecule has 2 aromatic rings. The van der Waals surface area contributed by atoms with Crippen molar-refractivity contribution in [1.82, 2.24) is 4.57 Å². The first-order chi connectivity index (χ1) is 10.1. The Balaban J connectivity index is 2.39. The van der Waals surface area contributed by atoms with E-state index >= 15 is 0 Å². The second kappa shape index (κ2) is 6.61. The monoisotopic (exact) mass is 302 g/mol. The molecule has 0 fully saturated rings. The minimum Gasteiger partial charge on any atom is -0.495 e. The molecule has 1 aromatic heterocycles. The fourth-order valence-electron chi connectivity index (χ4n) is 2.05. The number of ether oxygens (including phenoxy) is 1. The highest BCUT2D eigenvalue weighted by Crippen LogP contribution is 2.20. The average molecular weight is 302 g/mol. The second-order valence-electron chi connectivity index (χ2n) is 4.64. The number of hydrogen-bond donors (Lipinski definition) is 1. The van der Waals surface area contributed by atoms with Crippen molar-refractivity contribution in [3.05, 3.63) is 49.6 Å². The molecule has 0 saturated carbocycles. The van der Waals surface area contributed by atoms with Crippen LogP contribution in [0, 0.1) is 25.7 Å². The zero-order valence-corrected chi connectivity index (χ0v) is 13.2. The molecule has 0 unspecified atom stereocenters. The van der Waals surface area contributed by atoms with Crippen molar-refractivity contribution in [2.24, 2.45) is 5.73 Å². The highest BCUT2D eigenvalue weighted by atomic mass is 32.1. The van der Waals surface area contributed by atoms with E-state index < -0.39 is 0 Å². The van der Waals surface area contributed by atoms with Crippen LogP contribution < -0.4 is 15.3 Å². The van der Waals surface area contributed by atoms with Gasteiger partial charge in [-0.2, -0.15) is 0 Å². The number of hydrogen-bond acceptors (Lipinski definition) is 4. The molecule has 0 bridgehead atoms. The van der Waals surface area contributed by atoms with Crippen LogP contribution in [-0.4, -0.2) is 18.2 Å². The summed E-state index contributed by atoms with van der Waals surface area (Å²) in [4.78, 5) is 13.1. The van der Waals surface area contributed by atoms with Gasteiger partial charge in [0.1, 0.15) is 5.75 Å². The lowest BCUT2D eigenvalue weighted by Gasteiger charge is -2.08. The van der Waals surface area contributed by atoms with Gasteiger partial charge in [-0.15, -0.1) is 0 Å². The number of aromatic nitrogens is 1. The Hall–Kier alpha value is -2.03. The van der Waals surface area contributed by atoms with Crippen LogP contribution in [0.1, 0.15) is 21.7 Å². The molecule has 2 rings (SSSR count). The van der Waals surface area contributed by atoms with Crippen molar-refractivity contribution in [2.75, 3.05) is 13.7 Å². The summed E-state index contributed by atoms with van der Waals surface area (Å²) in [5.74, 6) is 6.54. The zero-order chi connectivity index (χ0) is 15.4. The van der Waals surface area contributed by atoms with E-state index in [1.165, 1.54) is 11.3 Å². The van der Waals surface area contributed by atoms with Crippen LogP contribution in [0.2, 0.25) is 0 Å². The Morgan fingerprint density at radius 2 is 2.14 bits per heavy atom. The Kier molecular flexibility index (Phi) is 4.84. The van der Waals surface area contributed by atoms with Crippen molar-refractivity contribution in [2.45, 2.75) is 20.4 Å². The fraction of sp³-hybridized carbons (Fsp3) is 0.312. The first-order valence-electron chi connectivity index (χ1n) is 6.59. The smallest absolute Gasteiger partial charge is 0.307 e. The minimum atomic E-state index is 0.0652. The summed E-state index contributed by atoms with van der Waals surface area (Å²) in [6.07, 6.45) is 0. The van der Waals surface area contributed by atoms with Gasteiger partial charge >= 0.3 is 4.87 Å². The molecule has 0 spiro atoms. The summed E-state index contributed by atoms with van der Waals surface area (Å²) in [7, 11) is 1.61. The molecule has 0 saturated heterocycles. The molecule has 5 heteroatoms. The van der Waals surface area contributed by atoms with Crippen LogP contribution in [0.5, 0.6) is 5.75 Å². The van der Waals surface area contributed by atoms with E-state index in [0.29, 0.717) is 18.8 Å². The third-order valence-corrected chi connectivity index (χ3v) is 4.30. The van der Waals surface area contributed by atoms with Crippen molar-refractivity contribution >= 4 is 11.3 Å². The van der Waals surface area contributed by atoms with Gasteiger partial charge in [0.25, 0.3) is 0 Å². The molecule has 1 aromatic carbocycles. The highest BCUT2D eigenvalue weighted by Gasteiger charge is 2.09. The molecule has 4 nitrogen and oxygen atoms in total. The van der Waals surface area contributed by atoms with Crippen LogP contribution in [0.15, 0.2) is 23.0 Å². The highest BCUT2D eigenvalue weighted by molar-refractivity contribution is 7.09. The standard InChI is InChI=1S/C16H18N2O2S/c1-11-12(2)21-16(19)18(11)10-13-6-7-15(20-3)14(9-13)5-4-8-17/h6-7,9H,8,10,17H2,1-3H3. The van der Waals surface area contributed by atoms with Gasteiger partial charge in [0.15, 0.2) is 0 Å². The van der Waals surface area contributed by atoms with E-state index in [-0.39, 0.29) is 4.87 Å². The van der Waals surface area contributed by atoms with Gasteiger partial charge in [0.05, 0.1) is 25.8 Å². The van der Waals surface area contributed by atoms with Crippen molar-refractivity contribution in [3.8, 4) is 17.6 Å². The van der Waals surface area contributed by atoms with Crippen LogP contribution in [-0.2, 0) is 6.54 Å². The van der Waals surface area contributed by atoms with Crippen LogP contribution in [0.25, 0.3) is 0 Å². The Labute approximate surface area is 128 Å². The van der Waals surface area contributed by atoms with Crippen molar-refractivity contribution < 1.29 is 4.74 Å². The van der Waals surface area contributed by atoms with Crippen LogP contribution >= 0.6 is 11.3 Å². The first-order valence-corrected chi connectivity index (χ1v) is 7.41. The van der Waals surface area contributed by atoms with Crippen LogP contribution in [0.4, 0.5) is 0 Å². The van der Waals surface area contributed by atoms with Gasteiger partial charge in [0.2, 0.25) is 0 Å². The topological polar surface area (TPSA) is 57.2 Å². The SMILES string of the molecule is COc1ccc(Cn2c(C)c(C)sc2=O)cc1C#CCN. The Morgan fingerprint density at radius 1 is 1.38 bits per heavy atom. The third kappa shape index (κ3) is 3.35. The molecule has 0 atom stereocenters. The van der Waals surface area contributed by atoms with Gasteiger partial charge in [-0.1, -0.05) is 29.2 Å². The normalized spacial score (nSPS) is 10.1. The van der Waals surface area contributed by atoms with Crippen molar-refractivity contribution in [3.63, 3.8) is 0 Å². The maximum absolute atomic E-state index is 12.0. The van der Waals surface area contributed by atoms with Gasteiger partial charge in [-0.3, -0.25) is 9.36 Å². The third-order valence-electron chi connectivity index (χ3n) is 3.30. The van der Waals surface area contributed by atoms with Crippen LogP contribution in [0.3, 0.4) is 0 Å². The molecule has 0 radical (unpaired) electrons. The maximum atomic E-state index is 12.0. The Morgan fingerprint density at radius 3 is 2.71 bits per heavy atom. The fourth-order valence-corrected chi connectivity index (χ4v) is 2.88. The number of nitrogens with zero attached hydrogens (tertiary/aromatic N) is 1. The summed E-state index contributed by atoms with van der Waals surface area (Å²) < 4.78 is 7.07. The van der Waals surface area contributed by atoms with E-state index in [0.717, 1.165) is 21.7 Å². The Bertz CT molecular complexity index is 763. The lowest BCUT2D eigenvalue weighted by molar-refractivity contribution is 0.413. The number of nitrogens with two attached hydrogens (primary N) is 1. The van der Waals surface area contributed by atoms with Gasteiger partial charge in [-0.05, 0) is 31.5 Å². The molecular weight excluding hydrogens is 284 g/mol. The van der Waals surface area contributed by atoms with Gasteiger partial charge in [-0.25, -0.2) is 0 Å². The number of benzene rings is 1. The largest absolute Gasteiger partial charge is 0.495 e. The van der Waals surface area contributed by atoms with E-state index in [4.69, 9.17) is 10.5 Å². The second-order valence-corrected chi connectivity index (χ2v) is 5.80. The molecular formula is C16H18N2O2S.